The maximum Gasteiger partial charge on any atom is 0.328 e. The van der Waals surface area contributed by atoms with E-state index in [2.05, 4.69) is 0 Å². The highest BCUT2D eigenvalue weighted by molar-refractivity contribution is 7.92. The molecule has 1 saturated carbocycles. The summed E-state index contributed by atoms with van der Waals surface area (Å²) in [5.41, 5.74) is 6.32. The van der Waals surface area contributed by atoms with Crippen LogP contribution in [0.15, 0.2) is 53.4 Å². The predicted molar refractivity (Wildman–Crippen MR) is 101 cm³/mol. The van der Waals surface area contributed by atoms with Gasteiger partial charge in [0.25, 0.3) is 0 Å². The largest absolute Gasteiger partial charge is 0.497 e. The zero-order valence-corrected chi connectivity index (χ0v) is 16.3. The monoisotopic (exact) mass is 389 g/mol. The van der Waals surface area contributed by atoms with Gasteiger partial charge in [-0.3, -0.25) is 0 Å². The molecule has 0 heterocycles. The van der Waals surface area contributed by atoms with Crippen LogP contribution < -0.4 is 10.5 Å². The first-order chi connectivity index (χ1) is 12.8. The number of rotatable bonds is 6. The van der Waals surface area contributed by atoms with Gasteiger partial charge in [-0.25, -0.2) is 13.2 Å². The van der Waals surface area contributed by atoms with E-state index < -0.39 is 32.5 Å². The molecule has 2 aromatic rings. The minimum absolute atomic E-state index is 0.129. The number of ether oxygens (including phenoxy) is 2. The third kappa shape index (κ3) is 3.21. The molecule has 0 unspecified atom stereocenters. The fourth-order valence-electron chi connectivity index (χ4n) is 3.45. The van der Waals surface area contributed by atoms with Gasteiger partial charge < -0.3 is 15.2 Å². The zero-order chi connectivity index (χ0) is 19.8. The van der Waals surface area contributed by atoms with E-state index in [1.54, 1.807) is 62.6 Å². The molecule has 0 radical (unpaired) electrons. The minimum Gasteiger partial charge on any atom is -0.497 e. The summed E-state index contributed by atoms with van der Waals surface area (Å²) in [6, 6.07) is 13.4. The van der Waals surface area contributed by atoms with E-state index in [1.165, 1.54) is 0 Å². The first-order valence-corrected chi connectivity index (χ1v) is 10.2. The van der Waals surface area contributed by atoms with Gasteiger partial charge in [0.05, 0.1) is 18.6 Å². The lowest BCUT2D eigenvalue weighted by Crippen LogP contribution is -2.41. The first-order valence-electron chi connectivity index (χ1n) is 8.67. The van der Waals surface area contributed by atoms with Crippen LogP contribution in [0.3, 0.4) is 0 Å². The predicted octanol–water partition coefficient (Wildman–Crippen LogP) is 2.20. The van der Waals surface area contributed by atoms with Gasteiger partial charge in [-0.2, -0.15) is 0 Å². The zero-order valence-electron chi connectivity index (χ0n) is 15.5. The van der Waals surface area contributed by atoms with Crippen LogP contribution in [0.5, 0.6) is 5.75 Å². The number of benzene rings is 2. The van der Waals surface area contributed by atoms with Crippen LogP contribution in [-0.2, 0) is 19.4 Å². The highest BCUT2D eigenvalue weighted by atomic mass is 32.2. The lowest BCUT2D eigenvalue weighted by atomic mass is 10.1. The number of carbonyl (C=O) groups is 1. The van der Waals surface area contributed by atoms with Gasteiger partial charge in [-0.15, -0.1) is 0 Å². The molecule has 7 heteroatoms. The smallest absolute Gasteiger partial charge is 0.328 e. The number of sulfone groups is 1. The molecule has 0 bridgehead atoms. The van der Waals surface area contributed by atoms with Gasteiger partial charge in [-0.05, 0) is 43.7 Å². The average Bonchev–Trinajstić information content (AvgIpc) is 3.31. The molecule has 0 aliphatic heterocycles. The molecule has 2 N–H and O–H groups in total. The summed E-state index contributed by atoms with van der Waals surface area (Å²) in [6.07, 6.45) is 0. The van der Waals surface area contributed by atoms with E-state index in [-0.39, 0.29) is 11.5 Å². The fourth-order valence-corrected chi connectivity index (χ4v) is 5.67. The van der Waals surface area contributed by atoms with E-state index >= 15 is 0 Å². The Hall–Kier alpha value is -2.38. The number of aryl methyl sites for hydroxylation is 1. The quantitative estimate of drug-likeness (QED) is 0.761. The van der Waals surface area contributed by atoms with E-state index in [1.807, 2.05) is 6.92 Å². The summed E-state index contributed by atoms with van der Waals surface area (Å²) in [5.74, 6) is -0.753. The summed E-state index contributed by atoms with van der Waals surface area (Å²) in [7, 11) is -2.28. The van der Waals surface area contributed by atoms with Crippen molar-refractivity contribution in [3.05, 3.63) is 59.7 Å². The standard InChI is InChI=1S/C20H23NO5S/c1-4-26-19(22)20(21)17(14-7-9-15(25-3)10-8-14)18(20)27(23,24)16-11-5-13(2)6-12-16/h5-12,17-18H,4,21H2,1-3H3/t17-,18-,20+/m1/s1. The normalized spacial score (nSPS) is 24.3. The number of carbonyl (C=O) groups excluding carboxylic acids is 1. The summed E-state index contributed by atoms with van der Waals surface area (Å²) in [6.45, 7) is 3.67. The van der Waals surface area contributed by atoms with E-state index in [4.69, 9.17) is 15.2 Å². The second kappa shape index (κ2) is 6.98. The Morgan fingerprint density at radius 1 is 1.11 bits per heavy atom. The molecule has 0 spiro atoms. The Morgan fingerprint density at radius 2 is 1.70 bits per heavy atom. The van der Waals surface area contributed by atoms with Gasteiger partial charge >= 0.3 is 5.97 Å². The first kappa shape index (κ1) is 19.4. The second-order valence-corrected chi connectivity index (χ2v) is 8.75. The third-order valence-corrected chi connectivity index (χ3v) is 7.23. The van der Waals surface area contributed by atoms with Crippen LogP contribution in [-0.4, -0.2) is 38.9 Å². The van der Waals surface area contributed by atoms with Crippen molar-refractivity contribution < 1.29 is 22.7 Å². The van der Waals surface area contributed by atoms with E-state index in [9.17, 15) is 13.2 Å². The highest BCUT2D eigenvalue weighted by Crippen LogP contribution is 2.56. The molecule has 144 valence electrons. The minimum atomic E-state index is -3.82. The number of esters is 1. The van der Waals surface area contributed by atoms with Gasteiger partial charge in [0, 0.05) is 5.92 Å². The van der Waals surface area contributed by atoms with Gasteiger partial charge in [0.15, 0.2) is 9.84 Å². The maximum atomic E-state index is 13.2. The summed E-state index contributed by atoms with van der Waals surface area (Å²) in [5, 5.41) is -1.08. The number of hydrogen-bond donors (Lipinski definition) is 1. The van der Waals surface area contributed by atoms with E-state index in [0.717, 1.165) is 5.56 Å². The van der Waals surface area contributed by atoms with Gasteiger partial charge in [0.1, 0.15) is 16.5 Å². The fraction of sp³-hybridized carbons (Fsp3) is 0.350. The molecule has 27 heavy (non-hydrogen) atoms. The molecule has 1 aliphatic carbocycles. The van der Waals surface area contributed by atoms with Crippen molar-refractivity contribution >= 4 is 15.8 Å². The van der Waals surface area contributed by atoms with Crippen molar-refractivity contribution in [2.45, 2.75) is 35.4 Å². The van der Waals surface area contributed by atoms with Crippen molar-refractivity contribution in [3.8, 4) is 5.75 Å². The van der Waals surface area contributed by atoms with Crippen LogP contribution in [0.25, 0.3) is 0 Å². The molecule has 2 aromatic carbocycles. The Labute approximate surface area is 159 Å². The molecule has 0 saturated heterocycles. The Balaban J connectivity index is 2.04. The topological polar surface area (TPSA) is 95.7 Å². The van der Waals surface area contributed by atoms with Gasteiger partial charge in [-0.1, -0.05) is 29.8 Å². The van der Waals surface area contributed by atoms with E-state index in [0.29, 0.717) is 11.3 Å². The Kier molecular flexibility index (Phi) is 5.01. The highest BCUT2D eigenvalue weighted by Gasteiger charge is 2.74. The summed E-state index contributed by atoms with van der Waals surface area (Å²) >= 11 is 0. The van der Waals surface area contributed by atoms with Crippen molar-refractivity contribution in [1.29, 1.82) is 0 Å². The molecule has 0 amide bonds. The molecule has 3 rings (SSSR count). The second-order valence-electron chi connectivity index (χ2n) is 6.68. The lowest BCUT2D eigenvalue weighted by Gasteiger charge is -2.11. The van der Waals surface area contributed by atoms with Crippen molar-refractivity contribution in [2.75, 3.05) is 13.7 Å². The molecule has 3 atom stereocenters. The maximum absolute atomic E-state index is 13.2. The van der Waals surface area contributed by atoms with Crippen LogP contribution in [0, 0.1) is 6.92 Å². The molecule has 1 aliphatic rings. The average molecular weight is 389 g/mol. The van der Waals surface area contributed by atoms with Crippen molar-refractivity contribution in [3.63, 3.8) is 0 Å². The molecule has 0 aromatic heterocycles. The SMILES string of the molecule is CCOC(=O)[C@]1(N)[C@H](c2ccc(OC)cc2)[C@H]1S(=O)(=O)c1ccc(C)cc1. The van der Waals surface area contributed by atoms with Crippen LogP contribution in [0.2, 0.25) is 0 Å². The van der Waals surface area contributed by atoms with Crippen LogP contribution in [0.4, 0.5) is 0 Å². The number of nitrogens with two attached hydrogens (primary N) is 1. The lowest BCUT2D eigenvalue weighted by molar-refractivity contribution is -0.145. The number of hydrogen-bond acceptors (Lipinski definition) is 6. The Bertz CT molecular complexity index is 937. The Morgan fingerprint density at radius 3 is 2.22 bits per heavy atom. The van der Waals surface area contributed by atoms with Crippen molar-refractivity contribution in [2.24, 2.45) is 5.73 Å². The molecule has 1 fully saturated rings. The van der Waals surface area contributed by atoms with Crippen molar-refractivity contribution in [1.82, 2.24) is 0 Å². The van der Waals surface area contributed by atoms with Crippen LogP contribution >= 0.6 is 0 Å². The summed E-state index contributed by atoms with van der Waals surface area (Å²) in [4.78, 5) is 12.7. The molecule has 6 nitrogen and oxygen atoms in total. The summed E-state index contributed by atoms with van der Waals surface area (Å²) < 4.78 is 36.7. The number of methoxy groups -OCH3 is 1. The van der Waals surface area contributed by atoms with Gasteiger partial charge in [0.2, 0.25) is 0 Å². The third-order valence-electron chi connectivity index (χ3n) is 4.97. The molecular formula is C20H23NO5S. The van der Waals surface area contributed by atoms with Crippen LogP contribution in [0.1, 0.15) is 24.0 Å². The molecular weight excluding hydrogens is 366 g/mol.